The predicted octanol–water partition coefficient (Wildman–Crippen LogP) is 3.02. The van der Waals surface area contributed by atoms with Crippen LogP contribution in [-0.4, -0.2) is 30.1 Å². The first-order chi connectivity index (χ1) is 7.68. The van der Waals surface area contributed by atoms with E-state index < -0.39 is 0 Å². The zero-order valence-corrected chi connectivity index (χ0v) is 11.5. The van der Waals surface area contributed by atoms with Crippen LogP contribution in [0.2, 0.25) is 0 Å². The third kappa shape index (κ3) is 3.21. The average Bonchev–Trinajstić information content (AvgIpc) is 2.33. The highest BCUT2D eigenvalue weighted by molar-refractivity contribution is 4.92. The van der Waals surface area contributed by atoms with Gasteiger partial charge in [0.1, 0.15) is 0 Å². The van der Waals surface area contributed by atoms with Crippen LogP contribution in [0.3, 0.4) is 0 Å². The van der Waals surface area contributed by atoms with Crippen molar-refractivity contribution in [3.8, 4) is 0 Å². The minimum absolute atomic E-state index is 0.302. The molecule has 0 saturated carbocycles. The van der Waals surface area contributed by atoms with E-state index in [4.69, 9.17) is 5.73 Å². The second-order valence-corrected chi connectivity index (χ2v) is 5.56. The molecule has 1 heterocycles. The van der Waals surface area contributed by atoms with Crippen molar-refractivity contribution in [3.05, 3.63) is 0 Å². The Labute approximate surface area is 102 Å². The molecule has 0 aromatic carbocycles. The Morgan fingerprint density at radius 1 is 1.25 bits per heavy atom. The number of nitrogens with two attached hydrogens (primary N) is 1. The number of hydrogen-bond acceptors (Lipinski definition) is 2. The van der Waals surface area contributed by atoms with Crippen LogP contribution in [0.25, 0.3) is 0 Å². The second-order valence-electron chi connectivity index (χ2n) is 5.56. The van der Waals surface area contributed by atoms with Gasteiger partial charge in [0, 0.05) is 12.1 Å². The molecule has 0 aliphatic carbocycles. The highest BCUT2D eigenvalue weighted by Gasteiger charge is 2.34. The number of unbranched alkanes of at least 4 members (excludes halogenated alkanes) is 1. The predicted molar refractivity (Wildman–Crippen MR) is 71.6 cm³/mol. The zero-order valence-electron chi connectivity index (χ0n) is 11.5. The molecule has 0 aromatic rings. The Balaban J connectivity index is 2.60. The molecule has 1 rings (SSSR count). The van der Waals surface area contributed by atoms with E-state index in [-0.39, 0.29) is 0 Å². The lowest BCUT2D eigenvalue weighted by atomic mass is 9.85. The lowest BCUT2D eigenvalue weighted by molar-refractivity contribution is 0.0457. The third-order valence-electron chi connectivity index (χ3n) is 4.49. The maximum Gasteiger partial charge on any atom is 0.0329 e. The summed E-state index contributed by atoms with van der Waals surface area (Å²) in [4.78, 5) is 2.68. The van der Waals surface area contributed by atoms with Crippen LogP contribution in [0.4, 0.5) is 0 Å². The van der Waals surface area contributed by atoms with E-state index in [1.807, 2.05) is 0 Å². The molecular formula is C14H30N2. The third-order valence-corrected chi connectivity index (χ3v) is 4.49. The fraction of sp³-hybridized carbons (Fsp3) is 1.00. The highest BCUT2D eigenvalue weighted by atomic mass is 15.2. The van der Waals surface area contributed by atoms with E-state index in [0.717, 1.165) is 12.5 Å². The van der Waals surface area contributed by atoms with Gasteiger partial charge in [-0.3, -0.25) is 4.90 Å². The summed E-state index contributed by atoms with van der Waals surface area (Å²) < 4.78 is 0. The topological polar surface area (TPSA) is 29.3 Å². The standard InChI is InChI=1S/C14H30N2/c1-4-6-9-14(5-2,12-15)16-10-7-13(3)8-11-16/h13H,4-12,15H2,1-3H3. The summed E-state index contributed by atoms with van der Waals surface area (Å²) >= 11 is 0. The minimum atomic E-state index is 0.302. The lowest BCUT2D eigenvalue weighted by Gasteiger charge is -2.46. The van der Waals surface area contributed by atoms with E-state index in [2.05, 4.69) is 25.7 Å². The van der Waals surface area contributed by atoms with Gasteiger partial charge in [0.2, 0.25) is 0 Å². The molecular weight excluding hydrogens is 196 g/mol. The van der Waals surface area contributed by atoms with E-state index in [1.165, 1.54) is 51.6 Å². The van der Waals surface area contributed by atoms with Crippen LogP contribution in [0, 0.1) is 5.92 Å². The van der Waals surface area contributed by atoms with Gasteiger partial charge in [0.15, 0.2) is 0 Å². The summed E-state index contributed by atoms with van der Waals surface area (Å²) in [6, 6.07) is 0. The second kappa shape index (κ2) is 6.61. The van der Waals surface area contributed by atoms with Crippen molar-refractivity contribution in [2.24, 2.45) is 11.7 Å². The monoisotopic (exact) mass is 226 g/mol. The van der Waals surface area contributed by atoms with E-state index >= 15 is 0 Å². The first-order valence-corrected chi connectivity index (χ1v) is 7.13. The molecule has 1 fully saturated rings. The molecule has 2 nitrogen and oxygen atoms in total. The smallest absolute Gasteiger partial charge is 0.0329 e. The van der Waals surface area contributed by atoms with Crippen molar-refractivity contribution >= 4 is 0 Å². The van der Waals surface area contributed by atoms with Gasteiger partial charge >= 0.3 is 0 Å². The molecule has 1 atom stereocenters. The fourth-order valence-electron chi connectivity index (χ4n) is 2.92. The Hall–Kier alpha value is -0.0800. The summed E-state index contributed by atoms with van der Waals surface area (Å²) in [7, 11) is 0. The molecule has 0 radical (unpaired) electrons. The Morgan fingerprint density at radius 2 is 1.88 bits per heavy atom. The van der Waals surface area contributed by atoms with Crippen molar-refractivity contribution in [3.63, 3.8) is 0 Å². The fourth-order valence-corrected chi connectivity index (χ4v) is 2.92. The van der Waals surface area contributed by atoms with Gasteiger partial charge in [-0.2, -0.15) is 0 Å². The van der Waals surface area contributed by atoms with E-state index in [9.17, 15) is 0 Å². The van der Waals surface area contributed by atoms with Crippen molar-refractivity contribution in [2.45, 2.75) is 64.8 Å². The molecule has 0 bridgehead atoms. The van der Waals surface area contributed by atoms with Crippen LogP contribution in [0.1, 0.15) is 59.3 Å². The molecule has 0 amide bonds. The highest BCUT2D eigenvalue weighted by Crippen LogP contribution is 2.30. The maximum absolute atomic E-state index is 6.08. The van der Waals surface area contributed by atoms with E-state index in [0.29, 0.717) is 5.54 Å². The molecule has 1 aliphatic rings. The molecule has 96 valence electrons. The van der Waals surface area contributed by atoms with Crippen LogP contribution < -0.4 is 5.73 Å². The molecule has 2 heteroatoms. The summed E-state index contributed by atoms with van der Waals surface area (Å²) in [6.07, 6.45) is 7.80. The largest absolute Gasteiger partial charge is 0.329 e. The van der Waals surface area contributed by atoms with E-state index in [1.54, 1.807) is 0 Å². The zero-order chi connectivity index (χ0) is 12.0. The van der Waals surface area contributed by atoms with Crippen LogP contribution >= 0.6 is 0 Å². The first-order valence-electron chi connectivity index (χ1n) is 7.13. The SMILES string of the molecule is CCCCC(CC)(CN)N1CCC(C)CC1. The molecule has 1 saturated heterocycles. The van der Waals surface area contributed by atoms with Crippen LogP contribution in [0.15, 0.2) is 0 Å². The molecule has 0 spiro atoms. The maximum atomic E-state index is 6.08. The van der Waals surface area contributed by atoms with Crippen LogP contribution in [-0.2, 0) is 0 Å². The average molecular weight is 226 g/mol. The Morgan fingerprint density at radius 3 is 2.31 bits per heavy atom. The molecule has 0 aromatic heterocycles. The summed E-state index contributed by atoms with van der Waals surface area (Å²) in [6.45, 7) is 10.3. The van der Waals surface area contributed by atoms with Gasteiger partial charge in [-0.25, -0.2) is 0 Å². The quantitative estimate of drug-likeness (QED) is 0.754. The normalized spacial score (nSPS) is 23.2. The summed E-state index contributed by atoms with van der Waals surface area (Å²) in [5, 5.41) is 0. The van der Waals surface area contributed by atoms with Crippen LogP contribution in [0.5, 0.6) is 0 Å². The Kier molecular flexibility index (Phi) is 5.77. The molecule has 1 unspecified atom stereocenters. The van der Waals surface area contributed by atoms with Gasteiger partial charge in [0.25, 0.3) is 0 Å². The van der Waals surface area contributed by atoms with Crippen molar-refractivity contribution in [1.82, 2.24) is 4.90 Å². The van der Waals surface area contributed by atoms with Crippen molar-refractivity contribution < 1.29 is 0 Å². The van der Waals surface area contributed by atoms with Gasteiger partial charge in [0.05, 0.1) is 0 Å². The van der Waals surface area contributed by atoms with Gasteiger partial charge in [-0.05, 0) is 44.7 Å². The van der Waals surface area contributed by atoms with Crippen molar-refractivity contribution in [1.29, 1.82) is 0 Å². The number of hydrogen-bond donors (Lipinski definition) is 1. The number of nitrogens with zero attached hydrogens (tertiary/aromatic N) is 1. The summed E-state index contributed by atoms with van der Waals surface area (Å²) in [5.41, 5.74) is 6.38. The number of likely N-dealkylation sites (tertiary alicyclic amines) is 1. The van der Waals surface area contributed by atoms with Gasteiger partial charge < -0.3 is 5.73 Å². The van der Waals surface area contributed by atoms with Gasteiger partial charge in [-0.1, -0.05) is 33.6 Å². The molecule has 1 aliphatic heterocycles. The Bertz CT molecular complexity index is 179. The summed E-state index contributed by atoms with van der Waals surface area (Å²) in [5.74, 6) is 0.912. The van der Waals surface area contributed by atoms with Gasteiger partial charge in [-0.15, -0.1) is 0 Å². The minimum Gasteiger partial charge on any atom is -0.329 e. The lowest BCUT2D eigenvalue weighted by Crippen LogP contribution is -2.55. The molecule has 2 N–H and O–H groups in total. The number of piperidine rings is 1. The molecule has 16 heavy (non-hydrogen) atoms. The van der Waals surface area contributed by atoms with Crippen molar-refractivity contribution in [2.75, 3.05) is 19.6 Å². The number of rotatable bonds is 6. The first kappa shape index (κ1) is 14.0.